The van der Waals surface area contributed by atoms with E-state index in [4.69, 9.17) is 5.73 Å². The Morgan fingerprint density at radius 1 is 1.18 bits per heavy atom. The molecule has 2 saturated carbocycles. The number of rotatable bonds is 3. The zero-order chi connectivity index (χ0) is 12.3. The molecule has 17 heavy (non-hydrogen) atoms. The molecule has 0 spiro atoms. The molecule has 98 valence electrons. The number of carbonyl (C=O) groups excluding carboxylic acids is 1. The van der Waals surface area contributed by atoms with Crippen LogP contribution in [-0.4, -0.2) is 29.5 Å². The quantitative estimate of drug-likeness (QED) is 0.811. The lowest BCUT2D eigenvalue weighted by Gasteiger charge is -2.27. The Morgan fingerprint density at radius 3 is 2.53 bits per heavy atom. The monoisotopic (exact) mass is 256 g/mol. The fourth-order valence-electron chi connectivity index (χ4n) is 3.06. The summed E-state index contributed by atoms with van der Waals surface area (Å²) >= 11 is 1.89. The average molecular weight is 256 g/mol. The van der Waals surface area contributed by atoms with E-state index in [0.29, 0.717) is 17.3 Å². The third-order valence-corrected chi connectivity index (χ3v) is 5.40. The number of hydrogen-bond acceptors (Lipinski definition) is 3. The topological polar surface area (TPSA) is 55.1 Å². The van der Waals surface area contributed by atoms with Crippen molar-refractivity contribution in [2.45, 2.75) is 62.3 Å². The van der Waals surface area contributed by atoms with Crippen LogP contribution in [0.3, 0.4) is 0 Å². The van der Waals surface area contributed by atoms with E-state index in [-0.39, 0.29) is 11.8 Å². The maximum absolute atomic E-state index is 12.2. The second-order valence-corrected chi connectivity index (χ2v) is 6.51. The zero-order valence-electron chi connectivity index (χ0n) is 10.7. The number of nitrogens with one attached hydrogen (secondary N) is 1. The van der Waals surface area contributed by atoms with Crippen molar-refractivity contribution in [2.75, 3.05) is 6.26 Å². The van der Waals surface area contributed by atoms with Gasteiger partial charge in [-0.2, -0.15) is 11.8 Å². The van der Waals surface area contributed by atoms with Gasteiger partial charge in [-0.1, -0.05) is 6.42 Å². The summed E-state index contributed by atoms with van der Waals surface area (Å²) in [4.78, 5) is 12.2. The Bertz CT molecular complexity index is 264. The van der Waals surface area contributed by atoms with Crippen molar-refractivity contribution in [3.05, 3.63) is 0 Å². The van der Waals surface area contributed by atoms with Crippen molar-refractivity contribution in [2.24, 2.45) is 11.7 Å². The molecule has 2 fully saturated rings. The average Bonchev–Trinajstić information content (AvgIpc) is 2.77. The third-order valence-electron chi connectivity index (χ3n) is 4.23. The molecule has 0 aliphatic heterocycles. The van der Waals surface area contributed by atoms with Crippen LogP contribution in [0, 0.1) is 5.92 Å². The highest BCUT2D eigenvalue weighted by atomic mass is 32.2. The number of carbonyl (C=O) groups is 1. The first kappa shape index (κ1) is 13.2. The number of amides is 1. The summed E-state index contributed by atoms with van der Waals surface area (Å²) in [7, 11) is 0. The standard InChI is InChI=1S/C13H24N2OS/c1-17-12-4-2-3-11(12)15-13(16)9-5-7-10(14)8-6-9/h9-12H,2-8,14H2,1H3,(H,15,16). The van der Waals surface area contributed by atoms with E-state index in [1.165, 1.54) is 12.8 Å². The van der Waals surface area contributed by atoms with Crippen molar-refractivity contribution < 1.29 is 4.79 Å². The molecule has 4 heteroatoms. The summed E-state index contributed by atoms with van der Waals surface area (Å²) in [6.45, 7) is 0. The molecule has 3 nitrogen and oxygen atoms in total. The molecule has 0 aromatic rings. The zero-order valence-corrected chi connectivity index (χ0v) is 11.5. The van der Waals surface area contributed by atoms with Gasteiger partial charge in [0.25, 0.3) is 0 Å². The Balaban J connectivity index is 1.80. The summed E-state index contributed by atoms with van der Waals surface area (Å²) in [5, 5.41) is 3.89. The molecule has 2 unspecified atom stereocenters. The van der Waals surface area contributed by atoms with Crippen molar-refractivity contribution in [3.63, 3.8) is 0 Å². The Hall–Kier alpha value is -0.220. The minimum atomic E-state index is 0.220. The van der Waals surface area contributed by atoms with E-state index in [2.05, 4.69) is 11.6 Å². The lowest BCUT2D eigenvalue weighted by molar-refractivity contribution is -0.126. The molecule has 2 aliphatic carbocycles. The summed E-state index contributed by atoms with van der Waals surface area (Å²) in [6.07, 6.45) is 9.78. The Kier molecular flexibility index (Phi) is 4.74. The van der Waals surface area contributed by atoms with E-state index in [9.17, 15) is 4.79 Å². The van der Waals surface area contributed by atoms with Crippen LogP contribution in [0.2, 0.25) is 0 Å². The van der Waals surface area contributed by atoms with Crippen LogP contribution >= 0.6 is 11.8 Å². The van der Waals surface area contributed by atoms with Crippen LogP contribution in [0.15, 0.2) is 0 Å². The fraction of sp³-hybridized carbons (Fsp3) is 0.923. The number of hydrogen-bond donors (Lipinski definition) is 2. The minimum absolute atomic E-state index is 0.220. The van der Waals surface area contributed by atoms with E-state index in [0.717, 1.165) is 32.1 Å². The van der Waals surface area contributed by atoms with Crippen LogP contribution in [0.1, 0.15) is 44.9 Å². The van der Waals surface area contributed by atoms with Crippen molar-refractivity contribution >= 4 is 17.7 Å². The summed E-state index contributed by atoms with van der Waals surface area (Å²) in [5.41, 5.74) is 5.87. The van der Waals surface area contributed by atoms with Gasteiger partial charge in [0.2, 0.25) is 5.91 Å². The minimum Gasteiger partial charge on any atom is -0.352 e. The molecule has 0 heterocycles. The van der Waals surface area contributed by atoms with Crippen LogP contribution in [-0.2, 0) is 4.79 Å². The van der Waals surface area contributed by atoms with E-state index in [1.807, 2.05) is 11.8 Å². The van der Waals surface area contributed by atoms with Crippen LogP contribution in [0.25, 0.3) is 0 Å². The highest BCUT2D eigenvalue weighted by Crippen LogP contribution is 2.29. The highest BCUT2D eigenvalue weighted by molar-refractivity contribution is 7.99. The van der Waals surface area contributed by atoms with Gasteiger partial charge in [0, 0.05) is 23.3 Å². The smallest absolute Gasteiger partial charge is 0.223 e. The van der Waals surface area contributed by atoms with Gasteiger partial charge in [-0.3, -0.25) is 4.79 Å². The van der Waals surface area contributed by atoms with E-state index >= 15 is 0 Å². The molecule has 3 N–H and O–H groups in total. The molecule has 2 rings (SSSR count). The fourth-order valence-corrected chi connectivity index (χ4v) is 3.99. The number of nitrogens with two attached hydrogens (primary N) is 1. The maximum Gasteiger partial charge on any atom is 0.223 e. The molecular formula is C13H24N2OS. The summed E-state index contributed by atoms with van der Waals surface area (Å²) < 4.78 is 0. The first-order chi connectivity index (χ1) is 8.20. The molecule has 2 aliphatic rings. The molecule has 1 amide bonds. The van der Waals surface area contributed by atoms with Crippen LogP contribution < -0.4 is 11.1 Å². The summed E-state index contributed by atoms with van der Waals surface area (Å²) in [5.74, 6) is 0.501. The third kappa shape index (κ3) is 3.38. The predicted molar refractivity (Wildman–Crippen MR) is 73.0 cm³/mol. The normalized spacial score (nSPS) is 38.0. The van der Waals surface area contributed by atoms with Gasteiger partial charge < -0.3 is 11.1 Å². The van der Waals surface area contributed by atoms with Crippen LogP contribution in [0.4, 0.5) is 0 Å². The van der Waals surface area contributed by atoms with Crippen molar-refractivity contribution in [3.8, 4) is 0 Å². The molecular weight excluding hydrogens is 232 g/mol. The lowest BCUT2D eigenvalue weighted by Crippen LogP contribution is -2.43. The van der Waals surface area contributed by atoms with Crippen molar-refractivity contribution in [1.29, 1.82) is 0 Å². The molecule has 0 bridgehead atoms. The molecule has 0 radical (unpaired) electrons. The largest absolute Gasteiger partial charge is 0.352 e. The molecule has 0 aromatic heterocycles. The van der Waals surface area contributed by atoms with E-state index < -0.39 is 0 Å². The van der Waals surface area contributed by atoms with Gasteiger partial charge in [-0.05, 0) is 44.8 Å². The molecule has 0 aromatic carbocycles. The first-order valence-electron chi connectivity index (χ1n) is 6.79. The van der Waals surface area contributed by atoms with E-state index in [1.54, 1.807) is 0 Å². The van der Waals surface area contributed by atoms with Gasteiger partial charge >= 0.3 is 0 Å². The second kappa shape index (κ2) is 6.10. The van der Waals surface area contributed by atoms with Gasteiger partial charge in [-0.15, -0.1) is 0 Å². The van der Waals surface area contributed by atoms with Crippen molar-refractivity contribution in [1.82, 2.24) is 5.32 Å². The Morgan fingerprint density at radius 2 is 1.88 bits per heavy atom. The Labute approximate surface area is 108 Å². The van der Waals surface area contributed by atoms with Gasteiger partial charge in [0.05, 0.1) is 0 Å². The summed E-state index contributed by atoms with van der Waals surface area (Å²) in [6, 6.07) is 0.734. The molecule has 2 atom stereocenters. The van der Waals surface area contributed by atoms with Crippen LogP contribution in [0.5, 0.6) is 0 Å². The molecule has 0 saturated heterocycles. The first-order valence-corrected chi connectivity index (χ1v) is 8.08. The maximum atomic E-state index is 12.2. The SMILES string of the molecule is CSC1CCCC1NC(=O)C1CCC(N)CC1. The second-order valence-electron chi connectivity index (χ2n) is 5.43. The van der Waals surface area contributed by atoms with Gasteiger partial charge in [-0.25, -0.2) is 0 Å². The predicted octanol–water partition coefficient (Wildman–Crippen LogP) is 1.90. The number of thioether (sulfide) groups is 1. The van der Waals surface area contributed by atoms with Gasteiger partial charge in [0.1, 0.15) is 0 Å². The van der Waals surface area contributed by atoms with Gasteiger partial charge in [0.15, 0.2) is 0 Å². The highest BCUT2D eigenvalue weighted by Gasteiger charge is 2.31. The lowest BCUT2D eigenvalue weighted by atomic mass is 9.86.